The van der Waals surface area contributed by atoms with E-state index in [-0.39, 0.29) is 11.9 Å². The molecule has 29 heavy (non-hydrogen) atoms. The number of aliphatic hydroxyl groups excluding tert-OH is 1. The molecule has 1 aliphatic rings. The Morgan fingerprint density at radius 1 is 0.897 bits per heavy atom. The first-order valence-electron chi connectivity index (χ1n) is 9.81. The lowest BCUT2D eigenvalue weighted by molar-refractivity contribution is 0.0416. The molecule has 7 heteroatoms. The summed E-state index contributed by atoms with van der Waals surface area (Å²) in [4.78, 5) is 0. The van der Waals surface area contributed by atoms with Crippen LogP contribution < -0.4 is 9.47 Å². The summed E-state index contributed by atoms with van der Waals surface area (Å²) in [5, 5.41) is 9.45. The van der Waals surface area contributed by atoms with E-state index in [1.165, 1.54) is 4.31 Å². The molecule has 0 aromatic heterocycles. The zero-order valence-corrected chi connectivity index (χ0v) is 17.8. The smallest absolute Gasteiger partial charge is 0.214 e. The molecule has 0 aliphatic heterocycles. The van der Waals surface area contributed by atoms with Crippen molar-refractivity contribution < 1.29 is 23.0 Å². The summed E-state index contributed by atoms with van der Waals surface area (Å²) >= 11 is 0. The van der Waals surface area contributed by atoms with Gasteiger partial charge in [-0.2, -0.15) is 4.31 Å². The van der Waals surface area contributed by atoms with Crippen LogP contribution in [0.3, 0.4) is 0 Å². The molecule has 0 bridgehead atoms. The maximum absolute atomic E-state index is 13.1. The Hall–Kier alpha value is -2.09. The zero-order chi connectivity index (χ0) is 20.9. The minimum absolute atomic E-state index is 0.0939. The molecule has 2 aromatic carbocycles. The van der Waals surface area contributed by atoms with Crippen molar-refractivity contribution in [3.63, 3.8) is 0 Å². The normalized spacial score (nSPS) is 19.0. The lowest BCUT2D eigenvalue weighted by Gasteiger charge is -2.32. The highest BCUT2D eigenvalue weighted by molar-refractivity contribution is 7.89. The number of sulfonamides is 1. The van der Waals surface area contributed by atoms with E-state index in [9.17, 15) is 13.5 Å². The minimum Gasteiger partial charge on any atom is -0.497 e. The van der Waals surface area contributed by atoms with Gasteiger partial charge >= 0.3 is 0 Å². The second kappa shape index (κ2) is 9.61. The van der Waals surface area contributed by atoms with Gasteiger partial charge in [0.05, 0.1) is 26.1 Å². The van der Waals surface area contributed by atoms with Gasteiger partial charge in [-0.25, -0.2) is 8.42 Å². The fourth-order valence-corrected chi connectivity index (χ4v) is 5.08. The van der Waals surface area contributed by atoms with Gasteiger partial charge in [-0.3, -0.25) is 0 Å². The van der Waals surface area contributed by atoms with Crippen LogP contribution in [0.5, 0.6) is 11.5 Å². The molecule has 6 nitrogen and oxygen atoms in total. The van der Waals surface area contributed by atoms with Crippen molar-refractivity contribution >= 4 is 10.0 Å². The molecular formula is C22H29NO5S. The summed E-state index contributed by atoms with van der Waals surface area (Å²) in [6, 6.07) is 14.9. The van der Waals surface area contributed by atoms with Crippen LogP contribution in [0.15, 0.2) is 48.5 Å². The van der Waals surface area contributed by atoms with Crippen LogP contribution in [-0.4, -0.2) is 43.9 Å². The fourth-order valence-electron chi connectivity index (χ4n) is 3.50. The first-order chi connectivity index (χ1) is 13.9. The SMILES string of the molecule is COc1ccc(CN(Cc2ccc(OC)cc2)S(=O)(=O)CCC2CC(O)C2)cc1. The molecule has 0 saturated heterocycles. The third kappa shape index (κ3) is 5.95. The maximum atomic E-state index is 13.1. The molecule has 1 N–H and O–H groups in total. The first kappa shape index (κ1) is 21.6. The summed E-state index contributed by atoms with van der Waals surface area (Å²) in [5.74, 6) is 1.86. The maximum Gasteiger partial charge on any atom is 0.214 e. The number of aliphatic hydroxyl groups is 1. The monoisotopic (exact) mass is 419 g/mol. The summed E-state index contributed by atoms with van der Waals surface area (Å²) in [7, 11) is -0.242. The summed E-state index contributed by atoms with van der Waals surface area (Å²) in [6.45, 7) is 0.595. The highest BCUT2D eigenvalue weighted by atomic mass is 32.2. The lowest BCUT2D eigenvalue weighted by Crippen LogP contribution is -2.35. The second-order valence-electron chi connectivity index (χ2n) is 7.56. The molecular weight excluding hydrogens is 390 g/mol. The van der Waals surface area contributed by atoms with Crippen LogP contribution >= 0.6 is 0 Å². The summed E-state index contributed by atoms with van der Waals surface area (Å²) < 4.78 is 38.2. The van der Waals surface area contributed by atoms with Crippen LogP contribution in [0.25, 0.3) is 0 Å². The third-order valence-electron chi connectivity index (χ3n) is 5.42. The zero-order valence-electron chi connectivity index (χ0n) is 17.0. The van der Waals surface area contributed by atoms with Crippen LogP contribution in [-0.2, 0) is 23.1 Å². The van der Waals surface area contributed by atoms with E-state index in [1.54, 1.807) is 14.2 Å². The van der Waals surface area contributed by atoms with Crippen molar-refractivity contribution in [3.05, 3.63) is 59.7 Å². The van der Waals surface area contributed by atoms with Crippen LogP contribution in [0.2, 0.25) is 0 Å². The van der Waals surface area contributed by atoms with E-state index in [0.717, 1.165) is 22.6 Å². The third-order valence-corrected chi connectivity index (χ3v) is 7.22. The molecule has 2 aromatic rings. The number of hydrogen-bond acceptors (Lipinski definition) is 5. The van der Waals surface area contributed by atoms with E-state index in [0.29, 0.717) is 38.3 Å². The first-order valence-corrected chi connectivity index (χ1v) is 11.4. The molecule has 158 valence electrons. The van der Waals surface area contributed by atoms with E-state index in [4.69, 9.17) is 9.47 Å². The Morgan fingerprint density at radius 3 is 1.72 bits per heavy atom. The Balaban J connectivity index is 1.74. The average molecular weight is 420 g/mol. The van der Waals surface area contributed by atoms with E-state index < -0.39 is 10.0 Å². The predicted molar refractivity (Wildman–Crippen MR) is 112 cm³/mol. The number of methoxy groups -OCH3 is 2. The topological polar surface area (TPSA) is 76.1 Å². The van der Waals surface area contributed by atoms with Crippen molar-refractivity contribution in [1.82, 2.24) is 4.31 Å². The molecule has 0 unspecified atom stereocenters. The quantitative estimate of drug-likeness (QED) is 0.640. The van der Waals surface area contributed by atoms with Gasteiger partial charge in [0.15, 0.2) is 0 Å². The van der Waals surface area contributed by atoms with Crippen LogP contribution in [0.1, 0.15) is 30.4 Å². The molecule has 0 radical (unpaired) electrons. The van der Waals surface area contributed by atoms with Gasteiger partial charge in [0.2, 0.25) is 10.0 Å². The van der Waals surface area contributed by atoms with E-state index in [2.05, 4.69) is 0 Å². The van der Waals surface area contributed by atoms with Gasteiger partial charge < -0.3 is 14.6 Å². The molecule has 1 saturated carbocycles. The Bertz CT molecular complexity index is 825. The van der Waals surface area contributed by atoms with Gasteiger partial charge in [0, 0.05) is 13.1 Å². The number of rotatable bonds is 10. The van der Waals surface area contributed by atoms with Crippen LogP contribution in [0.4, 0.5) is 0 Å². The number of benzene rings is 2. The highest BCUT2D eigenvalue weighted by Gasteiger charge is 2.30. The number of nitrogens with zero attached hydrogens (tertiary/aromatic N) is 1. The van der Waals surface area contributed by atoms with Gasteiger partial charge in [-0.05, 0) is 60.6 Å². The average Bonchev–Trinajstić information content (AvgIpc) is 2.71. The van der Waals surface area contributed by atoms with Crippen molar-refractivity contribution in [2.24, 2.45) is 5.92 Å². The predicted octanol–water partition coefficient (Wildman–Crippen LogP) is 3.20. The van der Waals surface area contributed by atoms with Gasteiger partial charge in [-0.15, -0.1) is 0 Å². The molecule has 0 atom stereocenters. The molecule has 0 amide bonds. The minimum atomic E-state index is -3.45. The van der Waals surface area contributed by atoms with Gasteiger partial charge in [0.25, 0.3) is 0 Å². The molecule has 1 aliphatic carbocycles. The second-order valence-corrected chi connectivity index (χ2v) is 9.65. The largest absolute Gasteiger partial charge is 0.497 e. The lowest BCUT2D eigenvalue weighted by atomic mass is 9.81. The Morgan fingerprint density at radius 2 is 1.34 bits per heavy atom. The number of ether oxygens (including phenoxy) is 2. The van der Waals surface area contributed by atoms with Crippen molar-refractivity contribution in [2.45, 2.75) is 38.5 Å². The van der Waals surface area contributed by atoms with E-state index in [1.807, 2.05) is 48.5 Å². The van der Waals surface area contributed by atoms with E-state index >= 15 is 0 Å². The Labute approximate surface area is 173 Å². The van der Waals surface area contributed by atoms with Crippen LogP contribution in [0, 0.1) is 5.92 Å². The molecule has 1 fully saturated rings. The number of hydrogen-bond donors (Lipinski definition) is 1. The fraction of sp³-hybridized carbons (Fsp3) is 0.455. The van der Waals surface area contributed by atoms with Crippen molar-refractivity contribution in [2.75, 3.05) is 20.0 Å². The van der Waals surface area contributed by atoms with Gasteiger partial charge in [0.1, 0.15) is 11.5 Å². The van der Waals surface area contributed by atoms with Crippen molar-refractivity contribution in [1.29, 1.82) is 0 Å². The summed E-state index contributed by atoms with van der Waals surface area (Å²) in [6.07, 6.45) is 1.72. The van der Waals surface area contributed by atoms with Crippen molar-refractivity contribution in [3.8, 4) is 11.5 Å². The highest BCUT2D eigenvalue weighted by Crippen LogP contribution is 2.31. The Kier molecular flexibility index (Phi) is 7.16. The summed E-state index contributed by atoms with van der Waals surface area (Å²) in [5.41, 5.74) is 1.81. The molecule has 3 rings (SSSR count). The molecule has 0 spiro atoms. The molecule has 0 heterocycles. The standard InChI is InChI=1S/C22H29NO5S/c1-27-21-7-3-17(4-8-21)15-23(16-18-5-9-22(28-2)10-6-18)29(25,26)12-11-19-13-20(24)14-19/h3-10,19-20,24H,11-16H2,1-2H3. The van der Waals surface area contributed by atoms with Gasteiger partial charge in [-0.1, -0.05) is 24.3 Å².